The van der Waals surface area contributed by atoms with Gasteiger partial charge in [0.1, 0.15) is 6.61 Å². The van der Waals surface area contributed by atoms with Crippen molar-refractivity contribution in [2.24, 2.45) is 0 Å². The number of nitrogens with one attached hydrogen (secondary N) is 1. The van der Waals surface area contributed by atoms with E-state index in [1.165, 1.54) is 6.07 Å². The summed E-state index contributed by atoms with van der Waals surface area (Å²) < 4.78 is 17.7. The number of hydrogen-bond acceptors (Lipinski definition) is 4. The normalized spacial score (nSPS) is 19.1. The summed E-state index contributed by atoms with van der Waals surface area (Å²) in [6.07, 6.45) is -0.586. The first-order valence-electron chi connectivity index (χ1n) is 4.45. The quantitative estimate of drug-likeness (QED) is 0.612. The van der Waals surface area contributed by atoms with Gasteiger partial charge >= 0.3 is 11.8 Å². The second kappa shape index (κ2) is 3.76. The Morgan fingerprint density at radius 1 is 1.56 bits per heavy atom. The molecular weight excluding hydrogens is 219 g/mol. The van der Waals surface area contributed by atoms with Crippen LogP contribution < -0.4 is 5.32 Å². The minimum Gasteiger partial charge on any atom is -0.447 e. The van der Waals surface area contributed by atoms with E-state index >= 15 is 0 Å². The molecule has 1 N–H and O–H groups in total. The van der Waals surface area contributed by atoms with Crippen LogP contribution in [0.1, 0.15) is 11.6 Å². The monoisotopic (exact) mass is 226 g/mol. The maximum absolute atomic E-state index is 13.0. The van der Waals surface area contributed by atoms with Crippen LogP contribution in [-0.2, 0) is 4.74 Å². The molecule has 1 aliphatic rings. The zero-order valence-electron chi connectivity index (χ0n) is 7.97. The topological polar surface area (TPSA) is 81.5 Å². The molecule has 0 aliphatic carbocycles. The number of nitro benzene ring substituents is 1. The number of benzene rings is 1. The average molecular weight is 226 g/mol. The predicted octanol–water partition coefficient (Wildman–Crippen LogP) is 1.51. The predicted molar refractivity (Wildman–Crippen MR) is 50.3 cm³/mol. The largest absolute Gasteiger partial charge is 0.447 e. The van der Waals surface area contributed by atoms with E-state index in [4.69, 9.17) is 0 Å². The van der Waals surface area contributed by atoms with E-state index in [0.29, 0.717) is 5.56 Å². The molecule has 1 heterocycles. The van der Waals surface area contributed by atoms with E-state index in [1.54, 1.807) is 0 Å². The van der Waals surface area contributed by atoms with Gasteiger partial charge in [-0.15, -0.1) is 0 Å². The summed E-state index contributed by atoms with van der Waals surface area (Å²) in [6.45, 7) is 0.0849. The first-order chi connectivity index (χ1) is 7.58. The lowest BCUT2D eigenvalue weighted by atomic mass is 10.1. The second-order valence-corrected chi connectivity index (χ2v) is 3.26. The molecule has 1 saturated heterocycles. The molecule has 0 saturated carbocycles. The Balaban J connectivity index is 2.32. The zero-order chi connectivity index (χ0) is 11.7. The van der Waals surface area contributed by atoms with E-state index in [-0.39, 0.29) is 6.61 Å². The van der Waals surface area contributed by atoms with Gasteiger partial charge in [-0.2, -0.15) is 4.39 Å². The Morgan fingerprint density at radius 2 is 2.31 bits per heavy atom. The molecule has 84 valence electrons. The van der Waals surface area contributed by atoms with Gasteiger partial charge in [0.15, 0.2) is 0 Å². The summed E-state index contributed by atoms with van der Waals surface area (Å²) in [7, 11) is 0. The van der Waals surface area contributed by atoms with Gasteiger partial charge in [0.2, 0.25) is 5.82 Å². The highest BCUT2D eigenvalue weighted by Gasteiger charge is 2.26. The second-order valence-electron chi connectivity index (χ2n) is 3.26. The van der Waals surface area contributed by atoms with Gasteiger partial charge in [0.25, 0.3) is 0 Å². The Morgan fingerprint density at radius 3 is 2.88 bits per heavy atom. The minimum absolute atomic E-state index is 0.0849. The van der Waals surface area contributed by atoms with Crippen LogP contribution in [0.3, 0.4) is 0 Å². The lowest BCUT2D eigenvalue weighted by Gasteiger charge is -2.06. The van der Waals surface area contributed by atoms with Crippen LogP contribution in [0.25, 0.3) is 0 Å². The van der Waals surface area contributed by atoms with E-state index < -0.39 is 28.6 Å². The van der Waals surface area contributed by atoms with Crippen LogP contribution in [0.5, 0.6) is 0 Å². The van der Waals surface area contributed by atoms with Gasteiger partial charge in [-0.05, 0) is 11.6 Å². The number of rotatable bonds is 2. The van der Waals surface area contributed by atoms with Crippen molar-refractivity contribution in [3.63, 3.8) is 0 Å². The fourth-order valence-electron chi connectivity index (χ4n) is 1.45. The molecule has 0 spiro atoms. The number of nitrogens with zero attached hydrogens (tertiary/aromatic N) is 1. The molecule has 2 rings (SSSR count). The Bertz CT molecular complexity index is 463. The van der Waals surface area contributed by atoms with Crippen LogP contribution in [0.4, 0.5) is 14.9 Å². The van der Waals surface area contributed by atoms with Crippen molar-refractivity contribution < 1.29 is 18.8 Å². The van der Waals surface area contributed by atoms with E-state index in [9.17, 15) is 19.3 Å². The van der Waals surface area contributed by atoms with Crippen molar-refractivity contribution in [1.29, 1.82) is 0 Å². The minimum atomic E-state index is -0.904. The average Bonchev–Trinajstić information content (AvgIpc) is 2.65. The maximum Gasteiger partial charge on any atom is 0.407 e. The molecule has 1 aliphatic heterocycles. The van der Waals surface area contributed by atoms with Crippen LogP contribution >= 0.6 is 0 Å². The highest BCUT2D eigenvalue weighted by Crippen LogP contribution is 2.24. The Hall–Kier alpha value is -2.18. The summed E-state index contributed by atoms with van der Waals surface area (Å²) in [5, 5.41) is 12.9. The Kier molecular flexibility index (Phi) is 2.43. The first kappa shape index (κ1) is 10.3. The highest BCUT2D eigenvalue weighted by molar-refractivity contribution is 5.70. The van der Waals surface area contributed by atoms with Gasteiger partial charge in [0, 0.05) is 6.07 Å². The molecule has 1 aromatic carbocycles. The SMILES string of the molecule is O=C1N[C@@H](c2ccc(F)c([N+](=O)[O-])c2)CO1. The zero-order valence-corrected chi connectivity index (χ0v) is 7.97. The van der Waals surface area contributed by atoms with Gasteiger partial charge < -0.3 is 10.1 Å². The molecule has 1 aromatic rings. The van der Waals surface area contributed by atoms with Crippen LogP contribution in [0, 0.1) is 15.9 Å². The smallest absolute Gasteiger partial charge is 0.407 e. The standard InChI is InChI=1S/C9H7FN2O4/c10-6-2-1-5(3-8(6)12(14)15)7-4-16-9(13)11-7/h1-3,7H,4H2,(H,11,13)/t7-/m1/s1. The van der Waals surface area contributed by atoms with Crippen LogP contribution in [-0.4, -0.2) is 17.6 Å². The van der Waals surface area contributed by atoms with Crippen molar-refractivity contribution >= 4 is 11.8 Å². The van der Waals surface area contributed by atoms with Crippen molar-refractivity contribution in [3.05, 3.63) is 39.7 Å². The third-order valence-electron chi connectivity index (χ3n) is 2.24. The van der Waals surface area contributed by atoms with Crippen LogP contribution in [0.15, 0.2) is 18.2 Å². The number of ether oxygens (including phenoxy) is 1. The lowest BCUT2D eigenvalue weighted by molar-refractivity contribution is -0.387. The summed E-state index contributed by atoms with van der Waals surface area (Å²) in [5.74, 6) is -0.904. The lowest BCUT2D eigenvalue weighted by Crippen LogP contribution is -2.18. The van der Waals surface area contributed by atoms with Crippen molar-refractivity contribution in [2.75, 3.05) is 6.61 Å². The first-order valence-corrected chi connectivity index (χ1v) is 4.45. The van der Waals surface area contributed by atoms with Crippen LogP contribution in [0.2, 0.25) is 0 Å². The summed E-state index contributed by atoms with van der Waals surface area (Å²) in [6, 6.07) is 3.00. The van der Waals surface area contributed by atoms with Gasteiger partial charge in [-0.1, -0.05) is 6.07 Å². The molecule has 6 nitrogen and oxygen atoms in total. The molecular formula is C9H7FN2O4. The molecule has 7 heteroatoms. The molecule has 0 unspecified atom stereocenters. The summed E-state index contributed by atoms with van der Waals surface area (Å²) >= 11 is 0. The molecule has 1 fully saturated rings. The van der Waals surface area contributed by atoms with Gasteiger partial charge in [-0.3, -0.25) is 10.1 Å². The van der Waals surface area contributed by atoms with Gasteiger partial charge in [-0.25, -0.2) is 4.79 Å². The number of cyclic esters (lactones) is 1. The Labute approximate surface area is 89.2 Å². The molecule has 1 amide bonds. The number of hydrogen-bond donors (Lipinski definition) is 1. The third-order valence-corrected chi connectivity index (χ3v) is 2.24. The van der Waals surface area contributed by atoms with Gasteiger partial charge in [0.05, 0.1) is 11.0 Å². The fourth-order valence-corrected chi connectivity index (χ4v) is 1.45. The van der Waals surface area contributed by atoms with E-state index in [1.807, 2.05) is 0 Å². The number of nitro groups is 1. The summed E-state index contributed by atoms with van der Waals surface area (Å²) in [5.41, 5.74) is -0.169. The molecule has 0 radical (unpaired) electrons. The van der Waals surface area contributed by atoms with Crippen molar-refractivity contribution in [3.8, 4) is 0 Å². The van der Waals surface area contributed by atoms with E-state index in [2.05, 4.69) is 10.1 Å². The molecule has 0 aromatic heterocycles. The summed E-state index contributed by atoms with van der Waals surface area (Å²) in [4.78, 5) is 20.5. The number of halogens is 1. The highest BCUT2D eigenvalue weighted by atomic mass is 19.1. The van der Waals surface area contributed by atoms with Crippen molar-refractivity contribution in [2.45, 2.75) is 6.04 Å². The number of amides is 1. The van der Waals surface area contributed by atoms with Crippen molar-refractivity contribution in [1.82, 2.24) is 5.32 Å². The third kappa shape index (κ3) is 1.79. The number of carbonyl (C=O) groups excluding carboxylic acids is 1. The van der Waals surface area contributed by atoms with E-state index in [0.717, 1.165) is 12.1 Å². The fraction of sp³-hybridized carbons (Fsp3) is 0.222. The number of alkyl carbamates (subject to hydrolysis) is 1. The molecule has 0 bridgehead atoms. The molecule has 16 heavy (non-hydrogen) atoms. The molecule has 1 atom stereocenters. The maximum atomic E-state index is 13.0. The number of carbonyl (C=O) groups is 1.